The van der Waals surface area contributed by atoms with Crippen molar-refractivity contribution in [3.05, 3.63) is 24.0 Å². The standard InChI is InChI=1S/C17H22N2O6/c1-16(2,3)25-15(23)19-12-6-11(8-18-9-12)13(20)7-17(14(21)22)4-5-24-10-17/h6,8-9H,4-5,7,10H2,1-3H3,(H,19,23)(H,21,22)/t17-/m0/s1. The van der Waals surface area contributed by atoms with Crippen molar-refractivity contribution >= 4 is 23.5 Å². The van der Waals surface area contributed by atoms with E-state index >= 15 is 0 Å². The van der Waals surface area contributed by atoms with Gasteiger partial charge in [0.25, 0.3) is 0 Å². The van der Waals surface area contributed by atoms with E-state index in [1.54, 1.807) is 20.8 Å². The lowest BCUT2D eigenvalue weighted by molar-refractivity contribution is -0.148. The van der Waals surface area contributed by atoms with E-state index in [-0.39, 0.29) is 30.8 Å². The number of hydrogen-bond acceptors (Lipinski definition) is 6. The third kappa shape index (κ3) is 4.99. The number of ether oxygens (including phenoxy) is 2. The highest BCUT2D eigenvalue weighted by Gasteiger charge is 2.44. The minimum absolute atomic E-state index is 0.0113. The Hall–Kier alpha value is -2.48. The lowest BCUT2D eigenvalue weighted by atomic mass is 9.81. The molecule has 8 nitrogen and oxygen atoms in total. The molecule has 1 aromatic heterocycles. The molecular weight excluding hydrogens is 328 g/mol. The molecule has 2 heterocycles. The van der Waals surface area contributed by atoms with Gasteiger partial charge in [0.1, 0.15) is 11.0 Å². The van der Waals surface area contributed by atoms with Gasteiger partial charge in [-0.25, -0.2) is 4.79 Å². The average molecular weight is 350 g/mol. The van der Waals surface area contributed by atoms with E-state index in [4.69, 9.17) is 9.47 Å². The van der Waals surface area contributed by atoms with Crippen LogP contribution in [0.4, 0.5) is 10.5 Å². The molecular formula is C17H22N2O6. The largest absolute Gasteiger partial charge is 0.481 e. The zero-order valence-electron chi connectivity index (χ0n) is 14.5. The SMILES string of the molecule is CC(C)(C)OC(=O)Nc1cncc(C(=O)C[C@@]2(C(=O)O)CCOC2)c1. The molecule has 2 rings (SSSR count). The van der Waals surface area contributed by atoms with E-state index < -0.39 is 23.1 Å². The first kappa shape index (κ1) is 18.9. The van der Waals surface area contributed by atoms with Crippen molar-refractivity contribution in [3.63, 3.8) is 0 Å². The lowest BCUT2D eigenvalue weighted by Crippen LogP contribution is -2.34. The fourth-order valence-corrected chi connectivity index (χ4v) is 2.48. The summed E-state index contributed by atoms with van der Waals surface area (Å²) in [5, 5.41) is 11.9. The number of carboxylic acids is 1. The molecule has 2 N–H and O–H groups in total. The van der Waals surface area contributed by atoms with Crippen LogP contribution in [0.1, 0.15) is 44.0 Å². The molecule has 1 aliphatic heterocycles. The number of carboxylic acid groups (broad SMARTS) is 1. The summed E-state index contributed by atoms with van der Waals surface area (Å²) >= 11 is 0. The number of nitrogens with zero attached hydrogens (tertiary/aromatic N) is 1. The van der Waals surface area contributed by atoms with Gasteiger partial charge in [-0.3, -0.25) is 19.9 Å². The number of rotatable bonds is 5. The number of amides is 1. The van der Waals surface area contributed by atoms with Gasteiger partial charge in [-0.05, 0) is 33.3 Å². The van der Waals surface area contributed by atoms with E-state index in [1.807, 2.05) is 0 Å². The summed E-state index contributed by atoms with van der Waals surface area (Å²) in [6.07, 6.45) is 2.17. The highest BCUT2D eigenvalue weighted by atomic mass is 16.6. The predicted octanol–water partition coefficient (Wildman–Crippen LogP) is 2.49. The van der Waals surface area contributed by atoms with Gasteiger partial charge in [0.2, 0.25) is 0 Å². The number of hydrogen-bond donors (Lipinski definition) is 2. The first-order valence-electron chi connectivity index (χ1n) is 7.91. The van der Waals surface area contributed by atoms with E-state index in [0.29, 0.717) is 12.3 Å². The maximum atomic E-state index is 12.5. The van der Waals surface area contributed by atoms with Crippen molar-refractivity contribution in [1.82, 2.24) is 4.98 Å². The maximum Gasteiger partial charge on any atom is 0.412 e. The Labute approximate surface area is 145 Å². The third-order valence-electron chi connectivity index (χ3n) is 3.76. The monoisotopic (exact) mass is 350 g/mol. The molecule has 1 fully saturated rings. The summed E-state index contributed by atoms with van der Waals surface area (Å²) in [5.74, 6) is -1.41. The summed E-state index contributed by atoms with van der Waals surface area (Å²) in [4.78, 5) is 39.7. The van der Waals surface area contributed by atoms with Gasteiger partial charge in [-0.2, -0.15) is 0 Å². The zero-order valence-corrected chi connectivity index (χ0v) is 14.5. The summed E-state index contributed by atoms with van der Waals surface area (Å²) < 4.78 is 10.3. The summed E-state index contributed by atoms with van der Waals surface area (Å²) in [7, 11) is 0. The van der Waals surface area contributed by atoms with E-state index in [1.165, 1.54) is 18.5 Å². The van der Waals surface area contributed by atoms with Gasteiger partial charge in [-0.1, -0.05) is 0 Å². The van der Waals surface area contributed by atoms with Crippen LogP contribution < -0.4 is 5.32 Å². The Balaban J connectivity index is 2.08. The van der Waals surface area contributed by atoms with Crippen molar-refractivity contribution in [2.45, 2.75) is 39.2 Å². The molecule has 0 aliphatic carbocycles. The Morgan fingerprint density at radius 3 is 2.64 bits per heavy atom. The van der Waals surface area contributed by atoms with E-state index in [2.05, 4.69) is 10.3 Å². The summed E-state index contributed by atoms with van der Waals surface area (Å²) in [5.41, 5.74) is -1.33. The van der Waals surface area contributed by atoms with Gasteiger partial charge in [-0.15, -0.1) is 0 Å². The third-order valence-corrected chi connectivity index (χ3v) is 3.76. The predicted molar refractivity (Wildman–Crippen MR) is 88.5 cm³/mol. The molecule has 0 bridgehead atoms. The summed E-state index contributed by atoms with van der Waals surface area (Å²) in [6, 6.07) is 1.45. The zero-order chi connectivity index (χ0) is 18.7. The number of aliphatic carboxylic acids is 1. The van der Waals surface area contributed by atoms with Gasteiger partial charge in [0, 0.05) is 24.8 Å². The highest BCUT2D eigenvalue weighted by molar-refractivity contribution is 6.00. The number of Topliss-reactive ketones (excluding diaryl/α,β-unsaturated/α-hetero) is 1. The molecule has 0 unspecified atom stereocenters. The molecule has 0 spiro atoms. The fraction of sp³-hybridized carbons (Fsp3) is 0.529. The molecule has 1 amide bonds. The van der Waals surface area contributed by atoms with Crippen LogP contribution in [0, 0.1) is 5.41 Å². The fourth-order valence-electron chi connectivity index (χ4n) is 2.48. The first-order chi connectivity index (χ1) is 11.6. The van der Waals surface area contributed by atoms with Crippen LogP contribution in [0.5, 0.6) is 0 Å². The van der Waals surface area contributed by atoms with Gasteiger partial charge in [0.05, 0.1) is 18.5 Å². The number of anilines is 1. The normalized spacial score (nSPS) is 20.1. The van der Waals surface area contributed by atoms with Crippen LogP contribution in [0.25, 0.3) is 0 Å². The lowest BCUT2D eigenvalue weighted by Gasteiger charge is -2.21. The smallest absolute Gasteiger partial charge is 0.412 e. The Bertz CT molecular complexity index is 674. The van der Waals surface area contributed by atoms with Crippen LogP contribution in [-0.4, -0.2) is 46.8 Å². The number of aromatic nitrogens is 1. The minimum atomic E-state index is -1.20. The minimum Gasteiger partial charge on any atom is -0.481 e. The maximum absolute atomic E-state index is 12.5. The number of ketones is 1. The molecule has 1 saturated heterocycles. The van der Waals surface area contributed by atoms with Crippen LogP contribution in [0.15, 0.2) is 18.5 Å². The molecule has 0 saturated carbocycles. The van der Waals surface area contributed by atoms with Crippen LogP contribution in [-0.2, 0) is 14.3 Å². The second-order valence-corrected chi connectivity index (χ2v) is 7.08. The first-order valence-corrected chi connectivity index (χ1v) is 7.91. The van der Waals surface area contributed by atoms with Crippen molar-refractivity contribution in [1.29, 1.82) is 0 Å². The Morgan fingerprint density at radius 1 is 1.36 bits per heavy atom. The van der Waals surface area contributed by atoms with E-state index in [9.17, 15) is 19.5 Å². The number of carbonyl (C=O) groups excluding carboxylic acids is 2. The second-order valence-electron chi connectivity index (χ2n) is 7.08. The number of pyridine rings is 1. The van der Waals surface area contributed by atoms with Gasteiger partial charge in [0.15, 0.2) is 5.78 Å². The highest BCUT2D eigenvalue weighted by Crippen LogP contribution is 2.34. The number of nitrogens with one attached hydrogen (secondary N) is 1. The average Bonchev–Trinajstić information content (AvgIpc) is 2.95. The number of carbonyl (C=O) groups is 3. The molecule has 0 radical (unpaired) electrons. The molecule has 0 aromatic carbocycles. The quantitative estimate of drug-likeness (QED) is 0.784. The second kappa shape index (κ2) is 7.18. The molecule has 136 valence electrons. The van der Waals surface area contributed by atoms with Crippen LogP contribution in [0.2, 0.25) is 0 Å². The van der Waals surface area contributed by atoms with Crippen molar-refractivity contribution in [3.8, 4) is 0 Å². The molecule has 25 heavy (non-hydrogen) atoms. The Kier molecular flexibility index (Phi) is 5.42. The van der Waals surface area contributed by atoms with Crippen molar-refractivity contribution < 1.29 is 29.0 Å². The van der Waals surface area contributed by atoms with E-state index in [0.717, 1.165) is 0 Å². The Morgan fingerprint density at radius 2 is 2.08 bits per heavy atom. The van der Waals surface area contributed by atoms with Crippen molar-refractivity contribution in [2.75, 3.05) is 18.5 Å². The molecule has 8 heteroatoms. The summed E-state index contributed by atoms with van der Waals surface area (Å²) in [6.45, 7) is 5.54. The van der Waals surface area contributed by atoms with Crippen LogP contribution >= 0.6 is 0 Å². The van der Waals surface area contributed by atoms with Gasteiger partial charge < -0.3 is 14.6 Å². The molecule has 1 aliphatic rings. The topological polar surface area (TPSA) is 115 Å². The molecule has 1 aromatic rings. The molecule has 1 atom stereocenters. The van der Waals surface area contributed by atoms with Crippen molar-refractivity contribution in [2.24, 2.45) is 5.41 Å². The van der Waals surface area contributed by atoms with Gasteiger partial charge >= 0.3 is 12.1 Å². The van der Waals surface area contributed by atoms with Crippen LogP contribution in [0.3, 0.4) is 0 Å².